The first-order chi connectivity index (χ1) is 7.94. The predicted octanol–water partition coefficient (Wildman–Crippen LogP) is 3.71. The van der Waals surface area contributed by atoms with Gasteiger partial charge in [-0.1, -0.05) is 21.1 Å². The lowest BCUT2D eigenvalue weighted by molar-refractivity contribution is 0.420. The van der Waals surface area contributed by atoms with Gasteiger partial charge in [-0.15, -0.1) is 0 Å². The highest BCUT2D eigenvalue weighted by atomic mass is 79.9. The summed E-state index contributed by atoms with van der Waals surface area (Å²) in [6.07, 6.45) is 0. The zero-order valence-electron chi connectivity index (χ0n) is 9.99. The van der Waals surface area contributed by atoms with E-state index in [1.807, 2.05) is 45.0 Å². The summed E-state index contributed by atoms with van der Waals surface area (Å²) in [5, 5.41) is 7.07. The van der Waals surface area contributed by atoms with E-state index in [-0.39, 0.29) is 5.54 Å². The Balaban J connectivity index is 2.21. The molecule has 90 valence electrons. The van der Waals surface area contributed by atoms with Crippen LogP contribution in [0.2, 0.25) is 0 Å². The van der Waals surface area contributed by atoms with Gasteiger partial charge in [0.1, 0.15) is 0 Å². The van der Waals surface area contributed by atoms with E-state index < -0.39 is 0 Å². The first kappa shape index (κ1) is 12.1. The van der Waals surface area contributed by atoms with Crippen molar-refractivity contribution in [3.8, 4) is 11.4 Å². The number of halogens is 1. The average molecular weight is 296 g/mol. The lowest BCUT2D eigenvalue weighted by Crippen LogP contribution is -2.26. The van der Waals surface area contributed by atoms with Crippen molar-refractivity contribution in [2.75, 3.05) is 5.32 Å². The van der Waals surface area contributed by atoms with Crippen molar-refractivity contribution < 1.29 is 4.52 Å². The van der Waals surface area contributed by atoms with Crippen molar-refractivity contribution in [1.29, 1.82) is 0 Å². The molecule has 0 bridgehead atoms. The van der Waals surface area contributed by atoms with Crippen LogP contribution in [0.5, 0.6) is 0 Å². The minimum atomic E-state index is -0.0937. The number of rotatable bonds is 2. The molecule has 0 aliphatic carbocycles. The molecular weight excluding hydrogens is 282 g/mol. The number of nitrogens with one attached hydrogen (secondary N) is 1. The van der Waals surface area contributed by atoms with Crippen molar-refractivity contribution in [2.45, 2.75) is 26.3 Å². The van der Waals surface area contributed by atoms with Gasteiger partial charge in [0.2, 0.25) is 5.82 Å². The van der Waals surface area contributed by atoms with Crippen molar-refractivity contribution >= 4 is 21.9 Å². The molecule has 2 rings (SSSR count). The molecule has 0 spiro atoms. The van der Waals surface area contributed by atoms with Crippen LogP contribution in [0.4, 0.5) is 6.01 Å². The average Bonchev–Trinajstić information content (AvgIpc) is 2.64. The molecule has 1 aromatic carbocycles. The summed E-state index contributed by atoms with van der Waals surface area (Å²) in [6.45, 7) is 6.11. The molecule has 17 heavy (non-hydrogen) atoms. The van der Waals surface area contributed by atoms with Crippen LogP contribution in [0.15, 0.2) is 33.3 Å². The fraction of sp³-hybridized carbons (Fsp3) is 0.333. The summed E-state index contributed by atoms with van der Waals surface area (Å²) < 4.78 is 6.17. The Kier molecular flexibility index (Phi) is 3.19. The SMILES string of the molecule is CC(C)(C)Nc1nc(-c2ccc(Br)cc2)no1. The van der Waals surface area contributed by atoms with Crippen LogP contribution in [0.3, 0.4) is 0 Å². The Bertz CT molecular complexity index is 499. The molecule has 5 heteroatoms. The van der Waals surface area contributed by atoms with Gasteiger partial charge in [-0.3, -0.25) is 0 Å². The van der Waals surface area contributed by atoms with Crippen molar-refractivity contribution in [3.63, 3.8) is 0 Å². The molecule has 1 aromatic heterocycles. The van der Waals surface area contributed by atoms with Gasteiger partial charge in [0.05, 0.1) is 0 Å². The highest BCUT2D eigenvalue weighted by Gasteiger charge is 2.15. The fourth-order valence-corrected chi connectivity index (χ4v) is 1.58. The molecule has 0 fully saturated rings. The summed E-state index contributed by atoms with van der Waals surface area (Å²) >= 11 is 3.39. The van der Waals surface area contributed by atoms with E-state index in [0.717, 1.165) is 10.0 Å². The number of benzene rings is 1. The molecule has 0 amide bonds. The second-order valence-corrected chi connectivity index (χ2v) is 5.72. The quantitative estimate of drug-likeness (QED) is 0.918. The van der Waals surface area contributed by atoms with Gasteiger partial charge in [0.15, 0.2) is 0 Å². The Morgan fingerprint density at radius 1 is 1.18 bits per heavy atom. The zero-order valence-corrected chi connectivity index (χ0v) is 11.6. The van der Waals surface area contributed by atoms with E-state index >= 15 is 0 Å². The van der Waals surface area contributed by atoms with Gasteiger partial charge in [-0.2, -0.15) is 4.98 Å². The molecule has 4 nitrogen and oxygen atoms in total. The monoisotopic (exact) mass is 295 g/mol. The van der Waals surface area contributed by atoms with Crippen LogP contribution < -0.4 is 5.32 Å². The Morgan fingerprint density at radius 3 is 2.41 bits per heavy atom. The Hall–Kier alpha value is -1.36. The first-order valence-corrected chi connectivity index (χ1v) is 6.11. The Labute approximate surface area is 109 Å². The van der Waals surface area contributed by atoms with Gasteiger partial charge in [0, 0.05) is 15.6 Å². The largest absolute Gasteiger partial charge is 0.333 e. The minimum absolute atomic E-state index is 0.0937. The highest BCUT2D eigenvalue weighted by Crippen LogP contribution is 2.21. The molecule has 0 aliphatic heterocycles. The summed E-state index contributed by atoms with van der Waals surface area (Å²) in [5.74, 6) is 0.587. The van der Waals surface area contributed by atoms with Gasteiger partial charge in [-0.05, 0) is 45.0 Å². The molecule has 0 aliphatic rings. The maximum atomic E-state index is 5.14. The molecular formula is C12H14BrN3O. The lowest BCUT2D eigenvalue weighted by Gasteiger charge is -2.17. The fourth-order valence-electron chi connectivity index (χ4n) is 1.31. The van der Waals surface area contributed by atoms with Crippen LogP contribution in [-0.2, 0) is 0 Å². The number of hydrogen-bond acceptors (Lipinski definition) is 4. The van der Waals surface area contributed by atoms with Gasteiger partial charge in [0.25, 0.3) is 0 Å². The first-order valence-electron chi connectivity index (χ1n) is 5.32. The normalized spacial score (nSPS) is 11.5. The molecule has 1 N–H and O–H groups in total. The highest BCUT2D eigenvalue weighted by molar-refractivity contribution is 9.10. The van der Waals surface area contributed by atoms with E-state index in [0.29, 0.717) is 11.8 Å². The van der Waals surface area contributed by atoms with Crippen LogP contribution >= 0.6 is 15.9 Å². The third-order valence-corrected chi connectivity index (χ3v) is 2.54. The van der Waals surface area contributed by atoms with E-state index in [1.165, 1.54) is 0 Å². The number of nitrogens with zero attached hydrogens (tertiary/aromatic N) is 2. The second kappa shape index (κ2) is 4.49. The molecule has 0 unspecified atom stereocenters. The van der Waals surface area contributed by atoms with E-state index in [4.69, 9.17) is 4.52 Å². The van der Waals surface area contributed by atoms with Gasteiger partial charge >= 0.3 is 6.01 Å². The van der Waals surface area contributed by atoms with Gasteiger partial charge in [-0.25, -0.2) is 0 Å². The Morgan fingerprint density at radius 2 is 1.82 bits per heavy atom. The number of anilines is 1. The topological polar surface area (TPSA) is 51.0 Å². The summed E-state index contributed by atoms with van der Waals surface area (Å²) in [6, 6.07) is 8.21. The van der Waals surface area contributed by atoms with E-state index in [2.05, 4.69) is 31.4 Å². The third-order valence-electron chi connectivity index (χ3n) is 2.01. The van der Waals surface area contributed by atoms with E-state index in [1.54, 1.807) is 0 Å². The molecule has 0 saturated carbocycles. The molecule has 0 atom stereocenters. The van der Waals surface area contributed by atoms with Crippen LogP contribution in [0, 0.1) is 0 Å². The second-order valence-electron chi connectivity index (χ2n) is 4.81. The van der Waals surface area contributed by atoms with Crippen molar-refractivity contribution in [3.05, 3.63) is 28.7 Å². The molecule has 0 radical (unpaired) electrons. The summed E-state index contributed by atoms with van der Waals surface area (Å²) in [7, 11) is 0. The van der Waals surface area contributed by atoms with Gasteiger partial charge < -0.3 is 9.84 Å². The number of aromatic nitrogens is 2. The zero-order chi connectivity index (χ0) is 12.5. The summed E-state index contributed by atoms with van der Waals surface area (Å²) in [4.78, 5) is 4.29. The smallest absolute Gasteiger partial charge is 0.322 e. The predicted molar refractivity (Wildman–Crippen MR) is 70.8 cm³/mol. The lowest BCUT2D eigenvalue weighted by atomic mass is 10.1. The van der Waals surface area contributed by atoms with E-state index in [9.17, 15) is 0 Å². The molecule has 1 heterocycles. The number of hydrogen-bond donors (Lipinski definition) is 1. The van der Waals surface area contributed by atoms with Crippen LogP contribution in [0.1, 0.15) is 20.8 Å². The van der Waals surface area contributed by atoms with Crippen LogP contribution in [-0.4, -0.2) is 15.7 Å². The van der Waals surface area contributed by atoms with Crippen LogP contribution in [0.25, 0.3) is 11.4 Å². The standard InChI is InChI=1S/C12H14BrN3O/c1-12(2,3)15-11-14-10(16-17-11)8-4-6-9(13)7-5-8/h4-7H,1-3H3,(H,14,15,16). The molecule has 0 saturated heterocycles. The van der Waals surface area contributed by atoms with Crippen molar-refractivity contribution in [1.82, 2.24) is 10.1 Å². The maximum Gasteiger partial charge on any atom is 0.322 e. The van der Waals surface area contributed by atoms with Crippen molar-refractivity contribution in [2.24, 2.45) is 0 Å². The third kappa shape index (κ3) is 3.30. The summed E-state index contributed by atoms with van der Waals surface area (Å²) in [5.41, 5.74) is 0.836. The maximum absolute atomic E-state index is 5.14. The minimum Gasteiger partial charge on any atom is -0.333 e. The molecule has 2 aromatic rings.